The van der Waals surface area contributed by atoms with Crippen LogP contribution in [0.25, 0.3) is 0 Å². The Morgan fingerprint density at radius 2 is 1.66 bits per heavy atom. The fraction of sp³-hybridized carbons (Fsp3) is 0.462. The van der Waals surface area contributed by atoms with E-state index in [0.29, 0.717) is 24.8 Å². The van der Waals surface area contributed by atoms with Gasteiger partial charge in [0.15, 0.2) is 6.61 Å². The minimum atomic E-state index is -0.619. The summed E-state index contributed by atoms with van der Waals surface area (Å²) in [6.07, 6.45) is 0. The molecule has 0 saturated carbocycles. The molecular weight excluding hydrogens is 468 g/mol. The van der Waals surface area contributed by atoms with Crippen LogP contribution in [-0.2, 0) is 21.5 Å². The topological polar surface area (TPSA) is 58.6 Å². The number of rotatable bonds is 9. The predicted octanol–water partition coefficient (Wildman–Crippen LogP) is 5.31. The molecule has 174 valence electrons. The van der Waals surface area contributed by atoms with Crippen LogP contribution in [0.2, 0.25) is 0 Å². The molecule has 2 aromatic carbocycles. The number of nitrogens with one attached hydrogen (secondary N) is 1. The third kappa shape index (κ3) is 7.66. The van der Waals surface area contributed by atoms with Crippen LogP contribution in [0.15, 0.2) is 53.0 Å². The lowest BCUT2D eigenvalue weighted by Crippen LogP contribution is -2.49. The Hall–Kier alpha value is -2.34. The Balaban J connectivity index is 2.20. The normalized spacial score (nSPS) is 12.4. The van der Waals surface area contributed by atoms with Crippen molar-refractivity contribution in [2.75, 3.05) is 13.2 Å². The van der Waals surface area contributed by atoms with E-state index < -0.39 is 6.04 Å². The van der Waals surface area contributed by atoms with E-state index in [1.165, 1.54) is 0 Å². The Bertz CT molecular complexity index is 904. The second-order valence-electron chi connectivity index (χ2n) is 9.50. The molecule has 0 spiro atoms. The molecule has 0 fully saturated rings. The summed E-state index contributed by atoms with van der Waals surface area (Å²) in [6.45, 7) is 12.9. The van der Waals surface area contributed by atoms with Gasteiger partial charge in [-0.1, -0.05) is 80.9 Å². The third-order valence-corrected chi connectivity index (χ3v) is 5.69. The number of ether oxygens (including phenoxy) is 1. The molecule has 6 heteroatoms. The number of nitrogens with zero attached hydrogens (tertiary/aromatic N) is 1. The van der Waals surface area contributed by atoms with Crippen molar-refractivity contribution in [3.8, 4) is 5.75 Å². The smallest absolute Gasteiger partial charge is 0.261 e. The van der Waals surface area contributed by atoms with E-state index in [9.17, 15) is 9.59 Å². The second kappa shape index (κ2) is 11.5. The summed E-state index contributed by atoms with van der Waals surface area (Å²) in [6, 6.07) is 14.9. The van der Waals surface area contributed by atoms with Crippen LogP contribution in [-0.4, -0.2) is 35.9 Å². The highest BCUT2D eigenvalue weighted by Gasteiger charge is 2.27. The quantitative estimate of drug-likeness (QED) is 0.504. The molecule has 0 aliphatic rings. The summed E-state index contributed by atoms with van der Waals surface area (Å²) in [5, 5.41) is 2.93. The minimum Gasteiger partial charge on any atom is -0.483 e. The van der Waals surface area contributed by atoms with E-state index >= 15 is 0 Å². The van der Waals surface area contributed by atoms with Gasteiger partial charge in [0.05, 0.1) is 0 Å². The van der Waals surface area contributed by atoms with E-state index in [1.807, 2.05) is 62.4 Å². The number of amides is 2. The number of carbonyl (C=O) groups excluding carboxylic acids is 2. The molecule has 2 amide bonds. The maximum atomic E-state index is 13.2. The molecule has 0 saturated heterocycles. The molecule has 32 heavy (non-hydrogen) atoms. The molecule has 1 atom stereocenters. The highest BCUT2D eigenvalue weighted by atomic mass is 79.9. The molecule has 2 rings (SSSR count). The highest BCUT2D eigenvalue weighted by Crippen LogP contribution is 2.31. The van der Waals surface area contributed by atoms with E-state index in [1.54, 1.807) is 11.8 Å². The standard InChI is InChI=1S/C26H35BrN2O3/c1-18(2)15-28-25(31)19(3)29(16-20-11-13-21(27)14-12-20)24(30)17-32-23-10-8-7-9-22(23)26(4,5)6/h7-14,18-19H,15-17H2,1-6H3,(H,28,31)/t19-/m1/s1. The zero-order valence-electron chi connectivity index (χ0n) is 19.9. The van der Waals surface area contributed by atoms with Crippen LogP contribution < -0.4 is 10.1 Å². The fourth-order valence-corrected chi connectivity index (χ4v) is 3.52. The minimum absolute atomic E-state index is 0.110. The summed E-state index contributed by atoms with van der Waals surface area (Å²) >= 11 is 3.44. The van der Waals surface area contributed by atoms with Gasteiger partial charge in [0.25, 0.3) is 5.91 Å². The maximum absolute atomic E-state index is 13.2. The van der Waals surface area contributed by atoms with Crippen molar-refractivity contribution >= 4 is 27.7 Å². The first-order chi connectivity index (χ1) is 15.0. The number of hydrogen-bond donors (Lipinski definition) is 1. The molecule has 0 unspecified atom stereocenters. The molecule has 0 aromatic heterocycles. The van der Waals surface area contributed by atoms with Gasteiger partial charge in [-0.2, -0.15) is 0 Å². The Kier molecular flexibility index (Phi) is 9.32. The molecule has 5 nitrogen and oxygen atoms in total. The van der Waals surface area contributed by atoms with Crippen LogP contribution in [0.1, 0.15) is 52.7 Å². The van der Waals surface area contributed by atoms with Crippen molar-refractivity contribution in [1.82, 2.24) is 10.2 Å². The molecule has 0 radical (unpaired) electrons. The first-order valence-corrected chi connectivity index (χ1v) is 11.8. The van der Waals surface area contributed by atoms with Crippen LogP contribution in [0.3, 0.4) is 0 Å². The van der Waals surface area contributed by atoms with Gasteiger partial charge in [-0.15, -0.1) is 0 Å². The lowest BCUT2D eigenvalue weighted by molar-refractivity contribution is -0.142. The van der Waals surface area contributed by atoms with Gasteiger partial charge < -0.3 is 15.0 Å². The monoisotopic (exact) mass is 502 g/mol. The number of hydrogen-bond acceptors (Lipinski definition) is 3. The molecule has 2 aromatic rings. The van der Waals surface area contributed by atoms with Crippen LogP contribution in [0, 0.1) is 5.92 Å². The van der Waals surface area contributed by atoms with Crippen molar-refractivity contribution in [3.63, 3.8) is 0 Å². The summed E-state index contributed by atoms with van der Waals surface area (Å²) < 4.78 is 6.92. The molecule has 0 aliphatic heterocycles. The summed E-state index contributed by atoms with van der Waals surface area (Å²) in [5.41, 5.74) is 1.87. The van der Waals surface area contributed by atoms with Gasteiger partial charge in [-0.3, -0.25) is 9.59 Å². The van der Waals surface area contributed by atoms with Crippen molar-refractivity contribution in [3.05, 3.63) is 64.1 Å². The van der Waals surface area contributed by atoms with Gasteiger partial charge in [0.1, 0.15) is 11.8 Å². The van der Waals surface area contributed by atoms with Crippen LogP contribution in [0.5, 0.6) is 5.75 Å². The third-order valence-electron chi connectivity index (χ3n) is 5.16. The fourth-order valence-electron chi connectivity index (χ4n) is 3.26. The predicted molar refractivity (Wildman–Crippen MR) is 133 cm³/mol. The number of carbonyl (C=O) groups is 2. The van der Waals surface area contributed by atoms with E-state index in [-0.39, 0.29) is 23.8 Å². The molecular formula is C26H35BrN2O3. The Morgan fingerprint density at radius 3 is 2.25 bits per heavy atom. The van der Waals surface area contributed by atoms with Crippen LogP contribution >= 0.6 is 15.9 Å². The SMILES string of the molecule is CC(C)CNC(=O)[C@@H](C)N(Cc1ccc(Br)cc1)C(=O)COc1ccccc1C(C)(C)C. The lowest BCUT2D eigenvalue weighted by atomic mass is 9.86. The molecule has 0 heterocycles. The lowest BCUT2D eigenvalue weighted by Gasteiger charge is -2.29. The average Bonchev–Trinajstić information content (AvgIpc) is 2.74. The number of para-hydroxylation sites is 1. The van der Waals surface area contributed by atoms with Crippen molar-refractivity contribution in [2.45, 2.75) is 59.5 Å². The van der Waals surface area contributed by atoms with Crippen molar-refractivity contribution in [1.29, 1.82) is 0 Å². The van der Waals surface area contributed by atoms with Gasteiger partial charge in [-0.25, -0.2) is 0 Å². The van der Waals surface area contributed by atoms with E-state index in [2.05, 4.69) is 42.0 Å². The number of halogens is 1. The first-order valence-electron chi connectivity index (χ1n) is 11.0. The first kappa shape index (κ1) is 25.9. The van der Waals surface area contributed by atoms with Crippen LogP contribution in [0.4, 0.5) is 0 Å². The van der Waals surface area contributed by atoms with E-state index in [4.69, 9.17) is 4.74 Å². The maximum Gasteiger partial charge on any atom is 0.261 e. The zero-order valence-corrected chi connectivity index (χ0v) is 21.5. The summed E-state index contributed by atoms with van der Waals surface area (Å²) in [5.74, 6) is 0.621. The van der Waals surface area contributed by atoms with Crippen molar-refractivity contribution < 1.29 is 14.3 Å². The zero-order chi connectivity index (χ0) is 23.9. The molecule has 0 bridgehead atoms. The van der Waals surface area contributed by atoms with Gasteiger partial charge in [0, 0.05) is 17.6 Å². The average molecular weight is 503 g/mol. The second-order valence-corrected chi connectivity index (χ2v) is 10.4. The van der Waals surface area contributed by atoms with Gasteiger partial charge in [0.2, 0.25) is 5.91 Å². The summed E-state index contributed by atoms with van der Waals surface area (Å²) in [4.78, 5) is 27.6. The molecule has 0 aliphatic carbocycles. The Labute approximate surface area is 200 Å². The van der Waals surface area contributed by atoms with Crippen molar-refractivity contribution in [2.24, 2.45) is 5.92 Å². The highest BCUT2D eigenvalue weighted by molar-refractivity contribution is 9.10. The largest absolute Gasteiger partial charge is 0.483 e. The molecule has 1 N–H and O–H groups in total. The van der Waals surface area contributed by atoms with E-state index in [0.717, 1.165) is 15.6 Å². The Morgan fingerprint density at radius 1 is 1.03 bits per heavy atom. The number of benzene rings is 2. The van der Waals surface area contributed by atoms with Gasteiger partial charge in [-0.05, 0) is 47.6 Å². The summed E-state index contributed by atoms with van der Waals surface area (Å²) in [7, 11) is 0. The van der Waals surface area contributed by atoms with Gasteiger partial charge >= 0.3 is 0 Å².